The van der Waals surface area contributed by atoms with E-state index in [0.29, 0.717) is 16.8 Å². The molecule has 0 spiro atoms. The lowest BCUT2D eigenvalue weighted by atomic mass is 10.1. The fourth-order valence-electron chi connectivity index (χ4n) is 1.09. The van der Waals surface area contributed by atoms with Crippen LogP contribution in [0.5, 0.6) is 0 Å². The van der Waals surface area contributed by atoms with Crippen molar-refractivity contribution in [1.82, 2.24) is 0 Å². The predicted octanol–water partition coefficient (Wildman–Crippen LogP) is 2.49. The Bertz CT molecular complexity index is 372. The number of hydrogen-bond acceptors (Lipinski definition) is 3. The van der Waals surface area contributed by atoms with Gasteiger partial charge in [0.25, 0.3) is 0 Å². The van der Waals surface area contributed by atoms with Gasteiger partial charge in [0.15, 0.2) is 0 Å². The van der Waals surface area contributed by atoms with E-state index in [1.165, 1.54) is 6.21 Å². The van der Waals surface area contributed by atoms with Crippen LogP contribution < -0.4 is 5.43 Å². The number of nitrogens with one attached hydrogen (secondary N) is 2. The average Bonchev–Trinajstić information content (AvgIpc) is 2.18. The molecule has 0 aliphatic heterocycles. The van der Waals surface area contributed by atoms with Crippen LogP contribution in [0.25, 0.3) is 0 Å². The van der Waals surface area contributed by atoms with E-state index in [1.807, 2.05) is 0 Å². The zero-order valence-corrected chi connectivity index (χ0v) is 8.13. The summed E-state index contributed by atoms with van der Waals surface area (Å²) in [5.41, 5.74) is 4.43. The van der Waals surface area contributed by atoms with Crippen LogP contribution in [-0.4, -0.2) is 12.4 Å². The maximum atomic E-state index is 13.4. The van der Waals surface area contributed by atoms with Gasteiger partial charge in [-0.05, 0) is 25.5 Å². The molecule has 0 bridgehead atoms. The molecule has 0 amide bonds. The summed E-state index contributed by atoms with van der Waals surface area (Å²) in [6.45, 7) is 3.40. The maximum Gasteiger partial charge on any atom is 0.131 e. The van der Waals surface area contributed by atoms with E-state index in [1.54, 1.807) is 26.0 Å². The second-order valence-electron chi connectivity index (χ2n) is 2.93. The third kappa shape index (κ3) is 2.16. The van der Waals surface area contributed by atoms with Gasteiger partial charge in [-0.2, -0.15) is 5.10 Å². The highest BCUT2D eigenvalue weighted by atomic mass is 19.1. The lowest BCUT2D eigenvalue weighted by Gasteiger charge is -2.07. The van der Waals surface area contributed by atoms with E-state index in [-0.39, 0.29) is 5.82 Å². The molecule has 0 radical (unpaired) electrons. The van der Waals surface area contributed by atoms with Crippen LogP contribution in [0.4, 0.5) is 10.1 Å². The molecule has 14 heavy (non-hydrogen) atoms. The lowest BCUT2D eigenvalue weighted by Crippen LogP contribution is -1.96. The van der Waals surface area contributed by atoms with Crippen molar-refractivity contribution >= 4 is 18.1 Å². The maximum absolute atomic E-state index is 13.4. The number of rotatable bonds is 3. The number of aryl methyl sites for hydroxylation is 1. The smallest absolute Gasteiger partial charge is 0.131 e. The van der Waals surface area contributed by atoms with Gasteiger partial charge >= 0.3 is 0 Å². The van der Waals surface area contributed by atoms with E-state index in [4.69, 9.17) is 5.41 Å². The molecular formula is C10H12FN3. The Labute approximate surface area is 82.2 Å². The standard InChI is InChI=1S/C10H12FN3/c1-7-3-4-9(8(2)10(7)11)14-13-6-5-12/h3-6,12,14H,1-2H3/b12-5?,13-6-. The zero-order valence-electron chi connectivity index (χ0n) is 8.13. The Morgan fingerprint density at radius 3 is 2.79 bits per heavy atom. The van der Waals surface area contributed by atoms with Crippen LogP contribution in [0.3, 0.4) is 0 Å². The Balaban J connectivity index is 2.94. The molecule has 2 N–H and O–H groups in total. The van der Waals surface area contributed by atoms with Crippen molar-refractivity contribution in [1.29, 1.82) is 5.41 Å². The molecule has 1 aromatic carbocycles. The number of nitrogens with zero attached hydrogens (tertiary/aromatic N) is 1. The molecule has 0 saturated carbocycles. The second kappa shape index (κ2) is 4.50. The molecule has 0 aliphatic carbocycles. The van der Waals surface area contributed by atoms with Crippen molar-refractivity contribution < 1.29 is 4.39 Å². The van der Waals surface area contributed by atoms with Gasteiger partial charge in [-0.3, -0.25) is 5.43 Å². The molecule has 0 fully saturated rings. The SMILES string of the molecule is Cc1ccc(N/N=C\C=N)c(C)c1F. The summed E-state index contributed by atoms with van der Waals surface area (Å²) in [7, 11) is 0. The summed E-state index contributed by atoms with van der Waals surface area (Å²) < 4.78 is 13.4. The summed E-state index contributed by atoms with van der Waals surface area (Å²) in [5.74, 6) is -0.222. The molecule has 3 nitrogen and oxygen atoms in total. The fourth-order valence-corrected chi connectivity index (χ4v) is 1.09. The third-order valence-electron chi connectivity index (χ3n) is 1.91. The van der Waals surface area contributed by atoms with E-state index in [2.05, 4.69) is 10.5 Å². The van der Waals surface area contributed by atoms with Crippen molar-refractivity contribution in [2.75, 3.05) is 5.43 Å². The molecule has 0 heterocycles. The highest BCUT2D eigenvalue weighted by molar-refractivity contribution is 6.14. The van der Waals surface area contributed by atoms with Gasteiger partial charge in [-0.1, -0.05) is 6.07 Å². The highest BCUT2D eigenvalue weighted by Crippen LogP contribution is 2.20. The first-order valence-corrected chi connectivity index (χ1v) is 4.20. The van der Waals surface area contributed by atoms with Crippen LogP contribution in [0.2, 0.25) is 0 Å². The topological polar surface area (TPSA) is 48.2 Å². The van der Waals surface area contributed by atoms with E-state index in [9.17, 15) is 4.39 Å². The minimum absolute atomic E-state index is 0.222. The molecule has 74 valence electrons. The number of halogens is 1. The van der Waals surface area contributed by atoms with Gasteiger partial charge in [-0.25, -0.2) is 4.39 Å². The first kappa shape index (κ1) is 10.4. The normalized spacial score (nSPS) is 10.5. The first-order valence-electron chi connectivity index (χ1n) is 4.20. The number of benzene rings is 1. The first-order chi connectivity index (χ1) is 6.66. The number of hydrazone groups is 1. The lowest BCUT2D eigenvalue weighted by molar-refractivity contribution is 0.610. The van der Waals surface area contributed by atoms with Crippen LogP contribution in [0.15, 0.2) is 17.2 Å². The summed E-state index contributed by atoms with van der Waals surface area (Å²) in [6.07, 6.45) is 2.34. The third-order valence-corrected chi connectivity index (χ3v) is 1.91. The summed E-state index contributed by atoms with van der Waals surface area (Å²) >= 11 is 0. The minimum atomic E-state index is -0.222. The molecule has 0 atom stereocenters. The van der Waals surface area contributed by atoms with Crippen molar-refractivity contribution in [2.24, 2.45) is 5.10 Å². The van der Waals surface area contributed by atoms with Crippen molar-refractivity contribution in [2.45, 2.75) is 13.8 Å². The quantitative estimate of drug-likeness (QED) is 0.562. The molecule has 0 aliphatic rings. The molecule has 0 saturated heterocycles. The predicted molar refractivity (Wildman–Crippen MR) is 56.8 cm³/mol. The number of hydrogen-bond donors (Lipinski definition) is 2. The molecular weight excluding hydrogens is 181 g/mol. The monoisotopic (exact) mass is 193 g/mol. The molecule has 1 rings (SSSR count). The highest BCUT2D eigenvalue weighted by Gasteiger charge is 2.05. The van der Waals surface area contributed by atoms with E-state index >= 15 is 0 Å². The Morgan fingerprint density at radius 1 is 1.43 bits per heavy atom. The van der Waals surface area contributed by atoms with Crippen LogP contribution >= 0.6 is 0 Å². The largest absolute Gasteiger partial charge is 0.307 e. The van der Waals surface area contributed by atoms with Gasteiger partial charge < -0.3 is 5.41 Å². The average molecular weight is 193 g/mol. The van der Waals surface area contributed by atoms with Gasteiger partial charge in [0, 0.05) is 11.8 Å². The summed E-state index contributed by atoms with van der Waals surface area (Å²) in [4.78, 5) is 0. The second-order valence-corrected chi connectivity index (χ2v) is 2.93. The van der Waals surface area contributed by atoms with E-state index in [0.717, 1.165) is 6.21 Å². The van der Waals surface area contributed by atoms with Crippen LogP contribution in [-0.2, 0) is 0 Å². The van der Waals surface area contributed by atoms with Gasteiger partial charge in [0.1, 0.15) is 5.82 Å². The Kier molecular flexibility index (Phi) is 3.34. The van der Waals surface area contributed by atoms with Crippen LogP contribution in [0, 0.1) is 25.1 Å². The van der Waals surface area contributed by atoms with Crippen molar-refractivity contribution in [3.05, 3.63) is 29.1 Å². The summed E-state index contributed by atoms with van der Waals surface area (Å²) in [6, 6.07) is 3.44. The Morgan fingerprint density at radius 2 is 2.14 bits per heavy atom. The van der Waals surface area contributed by atoms with Crippen molar-refractivity contribution in [3.63, 3.8) is 0 Å². The molecule has 4 heteroatoms. The number of anilines is 1. The van der Waals surface area contributed by atoms with Gasteiger partial charge in [0.2, 0.25) is 0 Å². The van der Waals surface area contributed by atoms with Gasteiger partial charge in [0.05, 0.1) is 11.9 Å². The Hall–Kier alpha value is -1.71. The molecule has 0 unspecified atom stereocenters. The fraction of sp³-hybridized carbons (Fsp3) is 0.200. The summed E-state index contributed by atoms with van der Waals surface area (Å²) in [5, 5.41) is 10.4. The zero-order chi connectivity index (χ0) is 10.6. The van der Waals surface area contributed by atoms with Crippen molar-refractivity contribution in [3.8, 4) is 0 Å². The molecule has 1 aromatic rings. The van der Waals surface area contributed by atoms with Crippen LogP contribution in [0.1, 0.15) is 11.1 Å². The molecule has 0 aromatic heterocycles. The van der Waals surface area contributed by atoms with E-state index < -0.39 is 0 Å². The minimum Gasteiger partial charge on any atom is -0.307 e. The van der Waals surface area contributed by atoms with Gasteiger partial charge in [-0.15, -0.1) is 0 Å².